The molecule has 0 unspecified atom stereocenters. The van der Waals surface area contributed by atoms with Crippen molar-refractivity contribution < 1.29 is 9.47 Å². The van der Waals surface area contributed by atoms with Gasteiger partial charge in [-0.15, -0.1) is 0 Å². The van der Waals surface area contributed by atoms with Gasteiger partial charge in [0, 0.05) is 38.5 Å². The van der Waals surface area contributed by atoms with E-state index in [2.05, 4.69) is 14.9 Å². The highest BCUT2D eigenvalue weighted by molar-refractivity contribution is 5.31. The van der Waals surface area contributed by atoms with Gasteiger partial charge in [0.2, 0.25) is 5.95 Å². The highest BCUT2D eigenvalue weighted by Gasteiger charge is 2.44. The van der Waals surface area contributed by atoms with Crippen LogP contribution in [0.2, 0.25) is 0 Å². The van der Waals surface area contributed by atoms with E-state index in [1.807, 2.05) is 6.07 Å². The fraction of sp³-hybridized carbons (Fsp3) is 0.750. The fourth-order valence-corrected chi connectivity index (χ4v) is 3.47. The van der Waals surface area contributed by atoms with Crippen LogP contribution in [0.1, 0.15) is 32.1 Å². The predicted octanol–water partition coefficient (Wildman–Crippen LogP) is 2.03. The molecule has 0 amide bonds. The predicted molar refractivity (Wildman–Crippen MR) is 79.2 cm³/mol. The number of rotatable bonds is 4. The van der Waals surface area contributed by atoms with Crippen molar-refractivity contribution in [1.82, 2.24) is 9.97 Å². The average molecular weight is 289 g/mol. The third-order valence-corrected chi connectivity index (χ3v) is 4.81. The highest BCUT2D eigenvalue weighted by atomic mass is 16.6. The van der Waals surface area contributed by atoms with Gasteiger partial charge in [-0.2, -0.15) is 0 Å². The van der Waals surface area contributed by atoms with Crippen molar-refractivity contribution in [3.63, 3.8) is 0 Å². The summed E-state index contributed by atoms with van der Waals surface area (Å²) in [5.41, 5.74) is -0.0499. The van der Waals surface area contributed by atoms with Crippen molar-refractivity contribution in [2.75, 3.05) is 31.2 Å². The normalized spacial score (nSPS) is 32.8. The molecule has 2 saturated heterocycles. The molecule has 0 aromatic carbocycles. The molecule has 5 heteroatoms. The summed E-state index contributed by atoms with van der Waals surface area (Å²) in [4.78, 5) is 11.0. The third-order valence-electron chi connectivity index (χ3n) is 4.81. The monoisotopic (exact) mass is 289 g/mol. The Balaban J connectivity index is 1.38. The largest absolute Gasteiger partial charge is 0.375 e. The molecule has 1 spiro atoms. The van der Waals surface area contributed by atoms with Crippen molar-refractivity contribution in [3.05, 3.63) is 18.5 Å². The molecule has 114 valence electrons. The number of nitrogens with zero attached hydrogens (tertiary/aromatic N) is 3. The summed E-state index contributed by atoms with van der Waals surface area (Å²) in [7, 11) is 0. The van der Waals surface area contributed by atoms with Crippen LogP contribution in [-0.4, -0.2) is 48.0 Å². The molecule has 0 bridgehead atoms. The Morgan fingerprint density at radius 1 is 1.33 bits per heavy atom. The number of aromatic nitrogens is 2. The summed E-state index contributed by atoms with van der Waals surface area (Å²) in [5, 5.41) is 0. The zero-order valence-electron chi connectivity index (χ0n) is 12.4. The Morgan fingerprint density at radius 3 is 3.00 bits per heavy atom. The molecule has 1 aromatic rings. The molecule has 3 aliphatic rings. The van der Waals surface area contributed by atoms with Crippen molar-refractivity contribution in [3.8, 4) is 0 Å². The van der Waals surface area contributed by atoms with Crippen LogP contribution in [0.4, 0.5) is 5.95 Å². The van der Waals surface area contributed by atoms with E-state index < -0.39 is 0 Å². The van der Waals surface area contributed by atoms with Gasteiger partial charge in [0.05, 0.1) is 18.3 Å². The quantitative estimate of drug-likeness (QED) is 0.849. The van der Waals surface area contributed by atoms with E-state index in [1.54, 1.807) is 12.4 Å². The standard InChI is InChI=1S/C16H23N3O2/c1-5-16(9-14(11-21-16)20-10-13-3-4-13)12-19(8-1)15-17-6-2-7-18-15/h2,6-7,13-14H,1,3-5,8-12H2/t14-,16+/m0/s1. The first-order valence-corrected chi connectivity index (χ1v) is 8.11. The Bertz CT molecular complexity index is 480. The van der Waals surface area contributed by atoms with E-state index in [9.17, 15) is 0 Å². The van der Waals surface area contributed by atoms with E-state index in [-0.39, 0.29) is 11.7 Å². The molecule has 2 atom stereocenters. The Kier molecular flexibility index (Phi) is 3.55. The smallest absolute Gasteiger partial charge is 0.225 e. The Morgan fingerprint density at radius 2 is 2.19 bits per heavy atom. The summed E-state index contributed by atoms with van der Waals surface area (Å²) in [6.45, 7) is 3.58. The van der Waals surface area contributed by atoms with Crippen LogP contribution < -0.4 is 4.90 Å². The lowest BCUT2D eigenvalue weighted by Crippen LogP contribution is -2.48. The van der Waals surface area contributed by atoms with E-state index in [4.69, 9.17) is 9.47 Å². The summed E-state index contributed by atoms with van der Waals surface area (Å²) < 4.78 is 12.2. The van der Waals surface area contributed by atoms with Gasteiger partial charge in [-0.1, -0.05) is 0 Å². The molecule has 1 saturated carbocycles. The first-order chi connectivity index (χ1) is 10.3. The van der Waals surface area contributed by atoms with Crippen LogP contribution in [0.5, 0.6) is 0 Å². The summed E-state index contributed by atoms with van der Waals surface area (Å²) >= 11 is 0. The lowest BCUT2D eigenvalue weighted by atomic mass is 9.89. The van der Waals surface area contributed by atoms with Gasteiger partial charge in [-0.05, 0) is 37.7 Å². The minimum Gasteiger partial charge on any atom is -0.375 e. The summed E-state index contributed by atoms with van der Waals surface area (Å²) in [5.74, 6) is 1.64. The maximum atomic E-state index is 6.18. The van der Waals surface area contributed by atoms with E-state index in [0.29, 0.717) is 0 Å². The van der Waals surface area contributed by atoms with Crippen molar-refractivity contribution in [1.29, 1.82) is 0 Å². The first kappa shape index (κ1) is 13.5. The SMILES string of the molecule is c1cnc(N2CCC[C@@]3(C[C@H](OCC4CC4)CO3)C2)nc1. The van der Waals surface area contributed by atoms with Gasteiger partial charge >= 0.3 is 0 Å². The van der Waals surface area contributed by atoms with Crippen LogP contribution in [-0.2, 0) is 9.47 Å². The van der Waals surface area contributed by atoms with Crippen LogP contribution in [0.3, 0.4) is 0 Å². The second-order valence-corrected chi connectivity index (χ2v) is 6.67. The van der Waals surface area contributed by atoms with Crippen molar-refractivity contribution in [2.24, 2.45) is 5.92 Å². The highest BCUT2D eigenvalue weighted by Crippen LogP contribution is 2.37. The Labute approximate surface area is 125 Å². The first-order valence-electron chi connectivity index (χ1n) is 8.11. The average Bonchev–Trinajstić information content (AvgIpc) is 3.29. The molecule has 2 aliphatic heterocycles. The van der Waals surface area contributed by atoms with Gasteiger partial charge in [0.1, 0.15) is 0 Å². The molecule has 5 nitrogen and oxygen atoms in total. The number of piperidine rings is 1. The Hall–Kier alpha value is -1.20. The second kappa shape index (κ2) is 5.54. The molecule has 3 fully saturated rings. The van der Waals surface area contributed by atoms with E-state index >= 15 is 0 Å². The second-order valence-electron chi connectivity index (χ2n) is 6.67. The number of anilines is 1. The van der Waals surface area contributed by atoms with E-state index in [1.165, 1.54) is 12.8 Å². The lowest BCUT2D eigenvalue weighted by Gasteiger charge is -2.39. The molecule has 0 N–H and O–H groups in total. The molecule has 4 rings (SSSR count). The minimum absolute atomic E-state index is 0.0499. The van der Waals surface area contributed by atoms with Crippen LogP contribution >= 0.6 is 0 Å². The maximum absolute atomic E-state index is 6.18. The van der Waals surface area contributed by atoms with Crippen molar-refractivity contribution in [2.45, 2.75) is 43.8 Å². The molecule has 0 radical (unpaired) electrons. The molecule has 1 aliphatic carbocycles. The molecular formula is C16H23N3O2. The molecular weight excluding hydrogens is 266 g/mol. The molecule has 21 heavy (non-hydrogen) atoms. The summed E-state index contributed by atoms with van der Waals surface area (Å²) in [6.07, 6.45) is 9.86. The molecule has 1 aromatic heterocycles. The maximum Gasteiger partial charge on any atom is 0.225 e. The van der Waals surface area contributed by atoms with Crippen molar-refractivity contribution >= 4 is 5.95 Å². The fourth-order valence-electron chi connectivity index (χ4n) is 3.47. The zero-order valence-corrected chi connectivity index (χ0v) is 12.4. The van der Waals surface area contributed by atoms with Crippen LogP contribution in [0.25, 0.3) is 0 Å². The van der Waals surface area contributed by atoms with Gasteiger partial charge in [-0.3, -0.25) is 0 Å². The van der Waals surface area contributed by atoms with Gasteiger partial charge in [0.25, 0.3) is 0 Å². The topological polar surface area (TPSA) is 47.5 Å². The third kappa shape index (κ3) is 3.04. The minimum atomic E-state index is -0.0499. The van der Waals surface area contributed by atoms with Gasteiger partial charge < -0.3 is 14.4 Å². The summed E-state index contributed by atoms with van der Waals surface area (Å²) in [6, 6.07) is 1.86. The van der Waals surface area contributed by atoms with Crippen LogP contribution in [0.15, 0.2) is 18.5 Å². The van der Waals surface area contributed by atoms with E-state index in [0.717, 1.165) is 57.4 Å². The number of hydrogen-bond donors (Lipinski definition) is 0. The number of ether oxygens (including phenoxy) is 2. The van der Waals surface area contributed by atoms with Gasteiger partial charge in [-0.25, -0.2) is 9.97 Å². The zero-order chi connectivity index (χ0) is 14.1. The van der Waals surface area contributed by atoms with Crippen LogP contribution in [0, 0.1) is 5.92 Å². The van der Waals surface area contributed by atoms with Gasteiger partial charge in [0.15, 0.2) is 0 Å². The lowest BCUT2D eigenvalue weighted by molar-refractivity contribution is -0.0131. The molecule has 3 heterocycles. The number of hydrogen-bond acceptors (Lipinski definition) is 5.